The Labute approximate surface area is 122 Å². The fourth-order valence-corrected chi connectivity index (χ4v) is 2.06. The summed E-state index contributed by atoms with van der Waals surface area (Å²) in [6, 6.07) is 0. The molecule has 0 spiro atoms. The van der Waals surface area contributed by atoms with Crippen LogP contribution >= 0.6 is 0 Å². The Morgan fingerprint density at radius 2 is 1.95 bits per heavy atom. The van der Waals surface area contributed by atoms with Crippen LogP contribution in [0.2, 0.25) is 0 Å². The zero-order valence-electron chi connectivity index (χ0n) is 13.3. The van der Waals surface area contributed by atoms with Gasteiger partial charge in [-0.3, -0.25) is 0 Å². The molecule has 20 heavy (non-hydrogen) atoms. The van der Waals surface area contributed by atoms with E-state index in [0.29, 0.717) is 0 Å². The minimum atomic E-state index is 0.723. The van der Waals surface area contributed by atoms with Gasteiger partial charge < -0.3 is 19.9 Å². The Balaban J connectivity index is 2.87. The van der Waals surface area contributed by atoms with Gasteiger partial charge in [0, 0.05) is 19.6 Å². The Morgan fingerprint density at radius 3 is 2.50 bits per heavy atom. The molecule has 0 aliphatic carbocycles. The van der Waals surface area contributed by atoms with E-state index >= 15 is 0 Å². The first-order valence-electron chi connectivity index (χ1n) is 7.16. The van der Waals surface area contributed by atoms with Crippen molar-refractivity contribution in [3.63, 3.8) is 0 Å². The lowest BCUT2D eigenvalue weighted by Gasteiger charge is -2.25. The standard InChI is InChI=1S/C14H27N5O/c1-6-15-13-12(20-5)14(17-11-16-13)19(7-2)10-8-9-18(3)4/h11H,6-10H2,1-5H3,(H,15,16,17). The van der Waals surface area contributed by atoms with Gasteiger partial charge in [-0.1, -0.05) is 0 Å². The Morgan fingerprint density at radius 1 is 1.20 bits per heavy atom. The normalized spacial score (nSPS) is 10.7. The molecule has 6 heteroatoms. The SMILES string of the molecule is CCNc1ncnc(N(CC)CCCN(C)C)c1OC. The third kappa shape index (κ3) is 4.52. The summed E-state index contributed by atoms with van der Waals surface area (Å²) in [5.41, 5.74) is 0. The molecule has 1 N–H and O–H groups in total. The predicted molar refractivity (Wildman–Crippen MR) is 83.8 cm³/mol. The first kappa shape index (κ1) is 16.5. The maximum atomic E-state index is 5.50. The van der Waals surface area contributed by atoms with Gasteiger partial charge in [0.25, 0.3) is 0 Å². The molecule has 0 bridgehead atoms. The summed E-state index contributed by atoms with van der Waals surface area (Å²) in [4.78, 5) is 13.1. The summed E-state index contributed by atoms with van der Waals surface area (Å²) in [6.45, 7) is 7.88. The number of ether oxygens (including phenoxy) is 1. The van der Waals surface area contributed by atoms with Crippen LogP contribution in [-0.4, -0.2) is 62.3 Å². The van der Waals surface area contributed by atoms with Gasteiger partial charge in [0.05, 0.1) is 7.11 Å². The highest BCUT2D eigenvalue weighted by atomic mass is 16.5. The number of hydrogen-bond acceptors (Lipinski definition) is 6. The first-order chi connectivity index (χ1) is 9.63. The van der Waals surface area contributed by atoms with Crippen LogP contribution in [0.15, 0.2) is 6.33 Å². The number of nitrogens with zero attached hydrogens (tertiary/aromatic N) is 4. The van der Waals surface area contributed by atoms with Crippen molar-refractivity contribution < 1.29 is 4.74 Å². The topological polar surface area (TPSA) is 53.5 Å². The van der Waals surface area contributed by atoms with Gasteiger partial charge in [-0.2, -0.15) is 0 Å². The monoisotopic (exact) mass is 281 g/mol. The predicted octanol–water partition coefficient (Wildman–Crippen LogP) is 1.69. The van der Waals surface area contributed by atoms with Crippen molar-refractivity contribution in [2.45, 2.75) is 20.3 Å². The van der Waals surface area contributed by atoms with E-state index in [1.807, 2.05) is 6.92 Å². The van der Waals surface area contributed by atoms with Crippen molar-refractivity contribution in [3.05, 3.63) is 6.33 Å². The molecule has 0 amide bonds. The summed E-state index contributed by atoms with van der Waals surface area (Å²) in [6.07, 6.45) is 2.68. The highest BCUT2D eigenvalue weighted by Gasteiger charge is 2.16. The van der Waals surface area contributed by atoms with Gasteiger partial charge in [0.15, 0.2) is 11.6 Å². The van der Waals surface area contributed by atoms with Crippen molar-refractivity contribution in [1.29, 1.82) is 0 Å². The smallest absolute Gasteiger partial charge is 0.204 e. The molecule has 0 atom stereocenters. The van der Waals surface area contributed by atoms with Crippen LogP contribution in [0, 0.1) is 0 Å². The molecule has 1 aromatic heterocycles. The zero-order chi connectivity index (χ0) is 15.0. The molecule has 1 heterocycles. The minimum Gasteiger partial charge on any atom is -0.490 e. The van der Waals surface area contributed by atoms with Gasteiger partial charge in [-0.25, -0.2) is 9.97 Å². The second-order valence-electron chi connectivity index (χ2n) is 4.85. The Kier molecular flexibility index (Phi) is 7.08. The van der Waals surface area contributed by atoms with Gasteiger partial charge >= 0.3 is 0 Å². The van der Waals surface area contributed by atoms with Gasteiger partial charge in [0.1, 0.15) is 6.33 Å². The average molecular weight is 281 g/mol. The van der Waals surface area contributed by atoms with E-state index in [1.165, 1.54) is 0 Å². The van der Waals surface area contributed by atoms with E-state index in [1.54, 1.807) is 13.4 Å². The summed E-state index contributed by atoms with van der Waals surface area (Å²) in [5.74, 6) is 2.34. The largest absolute Gasteiger partial charge is 0.490 e. The van der Waals surface area contributed by atoms with Crippen LogP contribution in [0.3, 0.4) is 0 Å². The molecule has 0 saturated heterocycles. The maximum absolute atomic E-state index is 5.50. The van der Waals surface area contributed by atoms with E-state index in [-0.39, 0.29) is 0 Å². The zero-order valence-corrected chi connectivity index (χ0v) is 13.3. The molecular formula is C14H27N5O. The summed E-state index contributed by atoms with van der Waals surface area (Å²) < 4.78 is 5.50. The number of hydrogen-bond donors (Lipinski definition) is 1. The summed E-state index contributed by atoms with van der Waals surface area (Å²) in [5, 5.41) is 3.21. The molecule has 1 aromatic rings. The molecule has 0 aliphatic heterocycles. The molecule has 1 rings (SSSR count). The number of anilines is 2. The lowest BCUT2D eigenvalue weighted by atomic mass is 10.3. The second kappa shape index (κ2) is 8.58. The molecule has 0 aromatic carbocycles. The van der Waals surface area contributed by atoms with Crippen molar-refractivity contribution in [3.8, 4) is 5.75 Å². The second-order valence-corrected chi connectivity index (χ2v) is 4.85. The van der Waals surface area contributed by atoms with Gasteiger partial charge in [-0.05, 0) is 40.9 Å². The van der Waals surface area contributed by atoms with Crippen LogP contribution in [0.5, 0.6) is 5.75 Å². The highest BCUT2D eigenvalue weighted by Crippen LogP contribution is 2.31. The fraction of sp³-hybridized carbons (Fsp3) is 0.714. The van der Waals surface area contributed by atoms with Crippen molar-refractivity contribution in [1.82, 2.24) is 14.9 Å². The van der Waals surface area contributed by atoms with E-state index in [2.05, 4.69) is 46.1 Å². The number of nitrogens with one attached hydrogen (secondary N) is 1. The van der Waals surface area contributed by atoms with E-state index < -0.39 is 0 Å². The quantitative estimate of drug-likeness (QED) is 0.743. The molecule has 0 saturated carbocycles. The number of aromatic nitrogens is 2. The van der Waals surface area contributed by atoms with Crippen LogP contribution < -0.4 is 15.0 Å². The minimum absolute atomic E-state index is 0.723. The van der Waals surface area contributed by atoms with Crippen molar-refractivity contribution >= 4 is 11.6 Å². The summed E-state index contributed by atoms with van der Waals surface area (Å²) in [7, 11) is 5.84. The molecule has 6 nitrogen and oxygen atoms in total. The Bertz CT molecular complexity index is 397. The first-order valence-corrected chi connectivity index (χ1v) is 7.16. The molecule has 0 unspecified atom stereocenters. The number of methoxy groups -OCH3 is 1. The van der Waals surface area contributed by atoms with Crippen LogP contribution in [0.4, 0.5) is 11.6 Å². The third-order valence-electron chi connectivity index (χ3n) is 3.05. The molecule has 0 radical (unpaired) electrons. The van der Waals surface area contributed by atoms with E-state index in [4.69, 9.17) is 4.74 Å². The van der Waals surface area contributed by atoms with Crippen molar-refractivity contribution in [2.75, 3.05) is 57.6 Å². The Hall–Kier alpha value is -1.56. The maximum Gasteiger partial charge on any atom is 0.204 e. The number of rotatable bonds is 9. The highest BCUT2D eigenvalue weighted by molar-refractivity contribution is 5.64. The summed E-state index contributed by atoms with van der Waals surface area (Å²) >= 11 is 0. The fourth-order valence-electron chi connectivity index (χ4n) is 2.06. The molecular weight excluding hydrogens is 254 g/mol. The third-order valence-corrected chi connectivity index (χ3v) is 3.05. The van der Waals surface area contributed by atoms with Crippen LogP contribution in [0.25, 0.3) is 0 Å². The van der Waals surface area contributed by atoms with E-state index in [9.17, 15) is 0 Å². The average Bonchev–Trinajstić information content (AvgIpc) is 2.43. The van der Waals surface area contributed by atoms with Gasteiger partial charge in [-0.15, -0.1) is 0 Å². The lowest BCUT2D eigenvalue weighted by Crippen LogP contribution is -2.28. The van der Waals surface area contributed by atoms with Crippen LogP contribution in [-0.2, 0) is 0 Å². The molecule has 0 aliphatic rings. The van der Waals surface area contributed by atoms with Gasteiger partial charge in [0.2, 0.25) is 5.75 Å². The van der Waals surface area contributed by atoms with E-state index in [0.717, 1.165) is 50.0 Å². The van der Waals surface area contributed by atoms with Crippen molar-refractivity contribution in [2.24, 2.45) is 0 Å². The molecule has 0 fully saturated rings. The molecule has 114 valence electrons. The van der Waals surface area contributed by atoms with Crippen LogP contribution in [0.1, 0.15) is 20.3 Å². The lowest BCUT2D eigenvalue weighted by molar-refractivity contribution is 0.397.